The molecule has 25 heavy (non-hydrogen) atoms. The molecule has 124 valence electrons. The van der Waals surface area contributed by atoms with Crippen LogP contribution in [0.2, 0.25) is 0 Å². The van der Waals surface area contributed by atoms with Crippen molar-refractivity contribution in [3.05, 3.63) is 84.2 Å². The van der Waals surface area contributed by atoms with Gasteiger partial charge in [0.25, 0.3) is 0 Å². The molecule has 0 aromatic heterocycles. The number of hydrogen-bond acceptors (Lipinski definition) is 2. The summed E-state index contributed by atoms with van der Waals surface area (Å²) >= 11 is 0. The van der Waals surface area contributed by atoms with Gasteiger partial charge in [0.15, 0.2) is 0 Å². The van der Waals surface area contributed by atoms with Crippen molar-refractivity contribution in [1.82, 2.24) is 0 Å². The molecule has 2 N–H and O–H groups in total. The lowest BCUT2D eigenvalue weighted by Crippen LogP contribution is -2.19. The van der Waals surface area contributed by atoms with Gasteiger partial charge in [0.1, 0.15) is 12.1 Å². The van der Waals surface area contributed by atoms with Crippen molar-refractivity contribution in [2.45, 2.75) is 0 Å². The van der Waals surface area contributed by atoms with E-state index in [-0.39, 0.29) is 0 Å². The first kappa shape index (κ1) is 16.4. The molecule has 5 heteroatoms. The predicted molar refractivity (Wildman–Crippen MR) is 96.3 cm³/mol. The van der Waals surface area contributed by atoms with E-state index in [9.17, 15) is 14.0 Å². The summed E-state index contributed by atoms with van der Waals surface area (Å²) in [4.78, 5) is 22.6. The van der Waals surface area contributed by atoms with E-state index in [1.165, 1.54) is 18.2 Å². The lowest BCUT2D eigenvalue weighted by Gasteiger charge is -2.09. The molecule has 0 spiro atoms. The number of benzene rings is 3. The SMILES string of the molecule is O=Cc1ccc(-c2ccc(NC(=O)Nc3cccc(F)c3)cc2)cc1. The second kappa shape index (κ2) is 7.40. The van der Waals surface area contributed by atoms with Crippen LogP contribution in [0.25, 0.3) is 11.1 Å². The zero-order valence-electron chi connectivity index (χ0n) is 13.2. The third kappa shape index (κ3) is 4.29. The van der Waals surface area contributed by atoms with Crippen LogP contribution >= 0.6 is 0 Å². The molecule has 3 aromatic carbocycles. The summed E-state index contributed by atoms with van der Waals surface area (Å²) in [5.74, 6) is -0.414. The maximum atomic E-state index is 13.1. The molecule has 0 saturated carbocycles. The van der Waals surface area contributed by atoms with Crippen molar-refractivity contribution in [3.8, 4) is 11.1 Å². The van der Waals surface area contributed by atoms with Gasteiger partial charge in [-0.2, -0.15) is 0 Å². The van der Waals surface area contributed by atoms with Gasteiger partial charge in [0, 0.05) is 16.9 Å². The van der Waals surface area contributed by atoms with E-state index in [0.717, 1.165) is 17.4 Å². The Morgan fingerprint density at radius 3 is 2.00 bits per heavy atom. The molecule has 3 rings (SSSR count). The molecular weight excluding hydrogens is 319 g/mol. The van der Waals surface area contributed by atoms with Crippen LogP contribution in [0.1, 0.15) is 10.4 Å². The second-order valence-electron chi connectivity index (χ2n) is 5.41. The topological polar surface area (TPSA) is 58.2 Å². The highest BCUT2D eigenvalue weighted by atomic mass is 19.1. The van der Waals surface area contributed by atoms with Gasteiger partial charge in [0.2, 0.25) is 0 Å². The van der Waals surface area contributed by atoms with Gasteiger partial charge in [-0.05, 0) is 41.5 Å². The van der Waals surface area contributed by atoms with Crippen LogP contribution in [0.5, 0.6) is 0 Å². The third-order valence-corrected chi connectivity index (χ3v) is 3.61. The van der Waals surface area contributed by atoms with Crippen LogP contribution in [0.4, 0.5) is 20.6 Å². The maximum absolute atomic E-state index is 13.1. The highest BCUT2D eigenvalue weighted by Gasteiger charge is 2.04. The minimum atomic E-state index is -0.450. The monoisotopic (exact) mass is 334 g/mol. The number of carbonyl (C=O) groups excluding carboxylic acids is 2. The highest BCUT2D eigenvalue weighted by Crippen LogP contribution is 2.22. The molecule has 0 aliphatic carbocycles. The third-order valence-electron chi connectivity index (χ3n) is 3.61. The van der Waals surface area contributed by atoms with Gasteiger partial charge in [0.05, 0.1) is 0 Å². The van der Waals surface area contributed by atoms with Crippen LogP contribution in [-0.2, 0) is 0 Å². The minimum absolute atomic E-state index is 0.379. The van der Waals surface area contributed by atoms with Crippen LogP contribution in [0, 0.1) is 5.82 Å². The molecule has 0 aliphatic rings. The predicted octanol–water partition coefficient (Wildman–Crippen LogP) is 4.95. The van der Waals surface area contributed by atoms with Gasteiger partial charge >= 0.3 is 6.03 Å². The first-order valence-electron chi connectivity index (χ1n) is 7.63. The second-order valence-corrected chi connectivity index (χ2v) is 5.41. The largest absolute Gasteiger partial charge is 0.323 e. The lowest BCUT2D eigenvalue weighted by atomic mass is 10.0. The molecule has 4 nitrogen and oxygen atoms in total. The van der Waals surface area contributed by atoms with Crippen molar-refractivity contribution in [3.63, 3.8) is 0 Å². The van der Waals surface area contributed by atoms with Gasteiger partial charge in [-0.25, -0.2) is 9.18 Å². The molecular formula is C20H15FN2O2. The smallest absolute Gasteiger partial charge is 0.308 e. The summed E-state index contributed by atoms with van der Waals surface area (Å²) in [6, 6.07) is 19.7. The zero-order valence-corrected chi connectivity index (χ0v) is 13.2. The Morgan fingerprint density at radius 1 is 0.800 bits per heavy atom. The number of carbonyl (C=O) groups is 2. The molecule has 0 atom stereocenters. The van der Waals surface area contributed by atoms with Gasteiger partial charge in [-0.15, -0.1) is 0 Å². The first-order chi connectivity index (χ1) is 12.1. The number of amides is 2. The molecule has 0 bridgehead atoms. The molecule has 0 fully saturated rings. The van der Waals surface area contributed by atoms with E-state index in [1.54, 1.807) is 30.3 Å². The summed E-state index contributed by atoms with van der Waals surface area (Å²) < 4.78 is 13.1. The van der Waals surface area contributed by atoms with Crippen molar-refractivity contribution < 1.29 is 14.0 Å². The molecule has 2 amide bonds. The Morgan fingerprint density at radius 2 is 1.40 bits per heavy atom. The molecule has 0 aliphatic heterocycles. The average Bonchev–Trinajstić information content (AvgIpc) is 2.62. The van der Waals surface area contributed by atoms with E-state index in [0.29, 0.717) is 16.9 Å². The van der Waals surface area contributed by atoms with E-state index < -0.39 is 11.8 Å². The minimum Gasteiger partial charge on any atom is -0.308 e. The number of aldehydes is 1. The number of hydrogen-bond donors (Lipinski definition) is 2. The molecule has 0 unspecified atom stereocenters. The Labute approximate surface area is 144 Å². The quantitative estimate of drug-likeness (QED) is 0.663. The van der Waals surface area contributed by atoms with Crippen molar-refractivity contribution in [2.24, 2.45) is 0 Å². The summed E-state index contributed by atoms with van der Waals surface area (Å²) in [5.41, 5.74) is 3.55. The van der Waals surface area contributed by atoms with Crippen LogP contribution in [-0.4, -0.2) is 12.3 Å². The van der Waals surface area contributed by atoms with Crippen molar-refractivity contribution in [1.29, 1.82) is 0 Å². The number of halogens is 1. The molecule has 3 aromatic rings. The Hall–Kier alpha value is -3.47. The van der Waals surface area contributed by atoms with E-state index in [1.807, 2.05) is 24.3 Å². The Balaban J connectivity index is 1.65. The zero-order chi connectivity index (χ0) is 17.6. The summed E-state index contributed by atoms with van der Waals surface area (Å²) in [6.07, 6.45) is 0.800. The lowest BCUT2D eigenvalue weighted by molar-refractivity contribution is 0.112. The molecule has 0 heterocycles. The fourth-order valence-electron chi connectivity index (χ4n) is 2.36. The highest BCUT2D eigenvalue weighted by molar-refractivity contribution is 5.99. The van der Waals surface area contributed by atoms with Crippen LogP contribution in [0.15, 0.2) is 72.8 Å². The summed E-state index contributed by atoms with van der Waals surface area (Å²) in [6.45, 7) is 0. The fraction of sp³-hybridized carbons (Fsp3) is 0. The van der Waals surface area contributed by atoms with Crippen molar-refractivity contribution >= 4 is 23.7 Å². The van der Waals surface area contributed by atoms with Crippen LogP contribution in [0.3, 0.4) is 0 Å². The fourth-order valence-corrected chi connectivity index (χ4v) is 2.36. The van der Waals surface area contributed by atoms with Gasteiger partial charge in [-0.1, -0.05) is 42.5 Å². The molecule has 0 radical (unpaired) electrons. The number of urea groups is 1. The maximum Gasteiger partial charge on any atom is 0.323 e. The molecule has 0 saturated heterocycles. The van der Waals surface area contributed by atoms with Crippen molar-refractivity contribution in [2.75, 3.05) is 10.6 Å². The number of nitrogens with one attached hydrogen (secondary N) is 2. The van der Waals surface area contributed by atoms with Crippen LogP contribution < -0.4 is 10.6 Å². The van der Waals surface area contributed by atoms with E-state index in [2.05, 4.69) is 10.6 Å². The summed E-state index contributed by atoms with van der Waals surface area (Å²) in [7, 11) is 0. The summed E-state index contributed by atoms with van der Waals surface area (Å²) in [5, 5.41) is 5.26. The van der Waals surface area contributed by atoms with E-state index >= 15 is 0 Å². The standard InChI is InChI=1S/C20H15FN2O2/c21-17-2-1-3-19(12-17)23-20(25)22-18-10-8-16(9-11-18)15-6-4-14(13-24)5-7-15/h1-13H,(H2,22,23,25). The average molecular weight is 334 g/mol. The number of rotatable bonds is 4. The number of anilines is 2. The first-order valence-corrected chi connectivity index (χ1v) is 7.63. The van der Waals surface area contributed by atoms with Gasteiger partial charge < -0.3 is 10.6 Å². The Bertz CT molecular complexity index is 890. The van der Waals surface area contributed by atoms with Gasteiger partial charge in [-0.3, -0.25) is 4.79 Å². The van der Waals surface area contributed by atoms with E-state index in [4.69, 9.17) is 0 Å². The Kier molecular flexibility index (Phi) is 4.85. The normalized spacial score (nSPS) is 10.1.